The maximum Gasteiger partial charge on any atom is 0.0106 e. The van der Waals surface area contributed by atoms with Gasteiger partial charge in [0.2, 0.25) is 0 Å². The molecule has 1 aliphatic carbocycles. The van der Waals surface area contributed by atoms with E-state index in [9.17, 15) is 0 Å². The third-order valence-electron chi connectivity index (χ3n) is 4.00. The van der Waals surface area contributed by atoms with Crippen molar-refractivity contribution < 1.29 is 0 Å². The van der Waals surface area contributed by atoms with Crippen LogP contribution in [0, 0.1) is 5.41 Å². The van der Waals surface area contributed by atoms with Gasteiger partial charge in [-0.2, -0.15) is 0 Å². The quantitative estimate of drug-likeness (QED) is 0.731. The van der Waals surface area contributed by atoms with Gasteiger partial charge in [-0.3, -0.25) is 0 Å². The Hall–Kier alpha value is -0.120. The van der Waals surface area contributed by atoms with E-state index < -0.39 is 0 Å². The molecule has 3 heteroatoms. The minimum Gasteiger partial charge on any atom is -0.319 e. The van der Waals surface area contributed by atoms with Crippen LogP contribution in [-0.2, 0) is 0 Å². The van der Waals surface area contributed by atoms with Gasteiger partial charge in [0.15, 0.2) is 0 Å². The van der Waals surface area contributed by atoms with Gasteiger partial charge in [0, 0.05) is 26.2 Å². The molecule has 1 aliphatic rings. The highest BCUT2D eigenvalue weighted by atomic mass is 15.2. The zero-order valence-corrected chi connectivity index (χ0v) is 12.3. The molecule has 1 saturated carbocycles. The van der Waals surface area contributed by atoms with Crippen LogP contribution in [0.2, 0.25) is 0 Å². The maximum absolute atomic E-state index is 3.41. The van der Waals surface area contributed by atoms with Crippen LogP contribution >= 0.6 is 0 Å². The summed E-state index contributed by atoms with van der Waals surface area (Å²) < 4.78 is 0. The SMILES string of the molecule is CNCC1(CN(C)CCN(C)C)CCCCC1. The van der Waals surface area contributed by atoms with Crippen LogP contribution in [0.1, 0.15) is 32.1 Å². The normalized spacial score (nSPS) is 20.1. The van der Waals surface area contributed by atoms with Crippen molar-refractivity contribution >= 4 is 0 Å². The Balaban J connectivity index is 2.42. The first kappa shape index (κ1) is 14.9. The molecule has 0 spiro atoms. The van der Waals surface area contributed by atoms with Gasteiger partial charge in [0.05, 0.1) is 0 Å². The Morgan fingerprint density at radius 3 is 2.18 bits per heavy atom. The fraction of sp³-hybridized carbons (Fsp3) is 1.00. The predicted octanol–water partition coefficient (Wildman–Crippen LogP) is 1.65. The van der Waals surface area contributed by atoms with E-state index in [1.165, 1.54) is 51.7 Å². The van der Waals surface area contributed by atoms with E-state index in [1.54, 1.807) is 0 Å². The summed E-state index contributed by atoms with van der Waals surface area (Å²) in [6.07, 6.45) is 7.08. The van der Waals surface area contributed by atoms with Gasteiger partial charge in [-0.05, 0) is 46.4 Å². The van der Waals surface area contributed by atoms with Crippen molar-refractivity contribution in [1.82, 2.24) is 15.1 Å². The van der Waals surface area contributed by atoms with Crippen LogP contribution in [-0.4, -0.2) is 64.2 Å². The van der Waals surface area contributed by atoms with E-state index >= 15 is 0 Å². The fourth-order valence-electron chi connectivity index (χ4n) is 3.09. The standard InChI is InChI=1S/C14H31N3/c1-15-12-14(8-6-5-7-9-14)13-17(4)11-10-16(2)3/h15H,5-13H2,1-4H3. The molecule has 0 aromatic carbocycles. The highest BCUT2D eigenvalue weighted by Gasteiger charge is 2.32. The smallest absolute Gasteiger partial charge is 0.0106 e. The lowest BCUT2D eigenvalue weighted by Gasteiger charge is -2.40. The number of likely N-dealkylation sites (N-methyl/N-ethyl adjacent to an activating group) is 2. The molecule has 17 heavy (non-hydrogen) atoms. The van der Waals surface area contributed by atoms with Crippen LogP contribution in [0.4, 0.5) is 0 Å². The number of hydrogen-bond acceptors (Lipinski definition) is 3. The first-order chi connectivity index (χ1) is 8.08. The van der Waals surface area contributed by atoms with E-state index in [4.69, 9.17) is 0 Å². The van der Waals surface area contributed by atoms with Crippen LogP contribution < -0.4 is 5.32 Å². The molecule has 1 N–H and O–H groups in total. The molecule has 0 aromatic rings. The molecular weight excluding hydrogens is 210 g/mol. The Labute approximate surface area is 108 Å². The maximum atomic E-state index is 3.41. The fourth-order valence-corrected chi connectivity index (χ4v) is 3.09. The van der Waals surface area contributed by atoms with E-state index in [0.717, 1.165) is 6.54 Å². The Kier molecular flexibility index (Phi) is 6.45. The molecule has 0 bridgehead atoms. The average molecular weight is 241 g/mol. The minimum absolute atomic E-state index is 0.536. The molecule has 0 saturated heterocycles. The Morgan fingerprint density at radius 2 is 1.65 bits per heavy atom. The van der Waals surface area contributed by atoms with Gasteiger partial charge < -0.3 is 15.1 Å². The molecule has 0 radical (unpaired) electrons. The second-order valence-corrected chi connectivity index (χ2v) is 6.13. The van der Waals surface area contributed by atoms with Crippen molar-refractivity contribution in [2.24, 2.45) is 5.41 Å². The Morgan fingerprint density at radius 1 is 1.00 bits per heavy atom. The van der Waals surface area contributed by atoms with Crippen molar-refractivity contribution in [3.8, 4) is 0 Å². The van der Waals surface area contributed by atoms with Crippen molar-refractivity contribution in [1.29, 1.82) is 0 Å². The predicted molar refractivity (Wildman–Crippen MR) is 75.5 cm³/mol. The van der Waals surface area contributed by atoms with Crippen LogP contribution in [0.15, 0.2) is 0 Å². The summed E-state index contributed by atoms with van der Waals surface area (Å²) in [6, 6.07) is 0. The highest BCUT2D eigenvalue weighted by Crippen LogP contribution is 2.36. The van der Waals surface area contributed by atoms with E-state index in [1.807, 2.05) is 0 Å². The van der Waals surface area contributed by atoms with Crippen molar-refractivity contribution in [2.75, 3.05) is 54.4 Å². The Bertz CT molecular complexity index is 192. The number of hydrogen-bond donors (Lipinski definition) is 1. The van der Waals surface area contributed by atoms with Crippen LogP contribution in [0.5, 0.6) is 0 Å². The van der Waals surface area contributed by atoms with Gasteiger partial charge in [-0.25, -0.2) is 0 Å². The monoisotopic (exact) mass is 241 g/mol. The summed E-state index contributed by atoms with van der Waals surface area (Å²) in [5.41, 5.74) is 0.536. The molecule has 0 atom stereocenters. The number of rotatable bonds is 7. The van der Waals surface area contributed by atoms with Gasteiger partial charge in [-0.15, -0.1) is 0 Å². The third-order valence-corrected chi connectivity index (χ3v) is 4.00. The summed E-state index contributed by atoms with van der Waals surface area (Å²) in [6.45, 7) is 4.77. The number of nitrogens with one attached hydrogen (secondary N) is 1. The molecule has 102 valence electrons. The van der Waals surface area contributed by atoms with Crippen LogP contribution in [0.3, 0.4) is 0 Å². The van der Waals surface area contributed by atoms with Gasteiger partial charge in [-0.1, -0.05) is 19.3 Å². The zero-order valence-electron chi connectivity index (χ0n) is 12.3. The molecule has 1 rings (SSSR count). The van der Waals surface area contributed by atoms with E-state index in [2.05, 4.69) is 43.3 Å². The minimum atomic E-state index is 0.536. The first-order valence-electron chi connectivity index (χ1n) is 7.06. The van der Waals surface area contributed by atoms with Crippen molar-refractivity contribution in [3.63, 3.8) is 0 Å². The van der Waals surface area contributed by atoms with E-state index in [-0.39, 0.29) is 0 Å². The molecule has 0 unspecified atom stereocenters. The van der Waals surface area contributed by atoms with Gasteiger partial charge in [0.1, 0.15) is 0 Å². The second kappa shape index (κ2) is 7.34. The third kappa shape index (κ3) is 5.36. The van der Waals surface area contributed by atoms with E-state index in [0.29, 0.717) is 5.41 Å². The zero-order chi connectivity index (χ0) is 12.7. The highest BCUT2D eigenvalue weighted by molar-refractivity contribution is 4.87. The molecule has 0 aliphatic heterocycles. The average Bonchev–Trinajstić information content (AvgIpc) is 2.28. The van der Waals surface area contributed by atoms with Gasteiger partial charge in [0.25, 0.3) is 0 Å². The first-order valence-corrected chi connectivity index (χ1v) is 7.06. The number of nitrogens with zero attached hydrogens (tertiary/aromatic N) is 2. The van der Waals surface area contributed by atoms with Crippen molar-refractivity contribution in [2.45, 2.75) is 32.1 Å². The topological polar surface area (TPSA) is 18.5 Å². The second-order valence-electron chi connectivity index (χ2n) is 6.13. The lowest BCUT2D eigenvalue weighted by molar-refractivity contribution is 0.115. The molecular formula is C14H31N3. The molecule has 3 nitrogen and oxygen atoms in total. The molecule has 0 aromatic heterocycles. The molecule has 1 fully saturated rings. The lowest BCUT2D eigenvalue weighted by atomic mass is 9.73. The van der Waals surface area contributed by atoms with Gasteiger partial charge >= 0.3 is 0 Å². The summed E-state index contributed by atoms with van der Waals surface area (Å²) in [7, 11) is 8.67. The largest absolute Gasteiger partial charge is 0.319 e. The summed E-state index contributed by atoms with van der Waals surface area (Å²) in [5, 5.41) is 3.41. The van der Waals surface area contributed by atoms with Crippen LogP contribution in [0.25, 0.3) is 0 Å². The lowest BCUT2D eigenvalue weighted by Crippen LogP contribution is -2.44. The summed E-state index contributed by atoms with van der Waals surface area (Å²) in [5.74, 6) is 0. The molecule has 0 heterocycles. The molecule has 0 amide bonds. The summed E-state index contributed by atoms with van der Waals surface area (Å²) in [4.78, 5) is 4.78. The summed E-state index contributed by atoms with van der Waals surface area (Å²) >= 11 is 0. The van der Waals surface area contributed by atoms with Crippen molar-refractivity contribution in [3.05, 3.63) is 0 Å².